The van der Waals surface area contributed by atoms with Gasteiger partial charge in [-0.2, -0.15) is 5.26 Å². The van der Waals surface area contributed by atoms with Crippen LogP contribution in [0, 0.1) is 18.3 Å². The first kappa shape index (κ1) is 18.4. The zero-order valence-electron chi connectivity index (χ0n) is 16.0. The maximum absolute atomic E-state index is 13.5. The van der Waals surface area contributed by atoms with E-state index in [1.165, 1.54) is 0 Å². The Morgan fingerprint density at radius 3 is 2.66 bits per heavy atom. The van der Waals surface area contributed by atoms with E-state index in [1.54, 1.807) is 48.3 Å². The number of hydrogen-bond donors (Lipinski definition) is 1. The molecule has 0 amide bonds. The molecule has 0 saturated heterocycles. The molecule has 2 N–H and O–H groups in total. The van der Waals surface area contributed by atoms with Gasteiger partial charge in [0.2, 0.25) is 5.88 Å². The standard InChI is InChI=1S/C22H19N3O4/c1-13-10-18-20(22(26)25(13)12-16-4-3-9-28-16)19(17(11-23)21(24)29-18)14-5-7-15(27-2)8-6-14/h3-10,19H,12,24H2,1-2H3/t19-/m0/s1. The highest BCUT2D eigenvalue weighted by Crippen LogP contribution is 2.40. The van der Waals surface area contributed by atoms with Gasteiger partial charge >= 0.3 is 0 Å². The average molecular weight is 389 g/mol. The van der Waals surface area contributed by atoms with Crippen molar-refractivity contribution in [1.82, 2.24) is 4.57 Å². The summed E-state index contributed by atoms with van der Waals surface area (Å²) >= 11 is 0. The van der Waals surface area contributed by atoms with Crippen LogP contribution < -0.4 is 20.8 Å². The molecule has 7 heteroatoms. The van der Waals surface area contributed by atoms with Crippen LogP contribution in [0.3, 0.4) is 0 Å². The molecule has 0 unspecified atom stereocenters. The highest BCUT2D eigenvalue weighted by molar-refractivity contribution is 5.55. The fourth-order valence-electron chi connectivity index (χ4n) is 3.57. The first-order chi connectivity index (χ1) is 14.0. The molecular formula is C22H19N3O4. The number of fused-ring (bicyclic) bond motifs is 1. The maximum atomic E-state index is 13.5. The lowest BCUT2D eigenvalue weighted by Crippen LogP contribution is -2.33. The van der Waals surface area contributed by atoms with E-state index in [9.17, 15) is 10.1 Å². The van der Waals surface area contributed by atoms with E-state index in [-0.39, 0.29) is 23.6 Å². The van der Waals surface area contributed by atoms with Crippen LogP contribution in [-0.2, 0) is 6.54 Å². The molecule has 4 rings (SSSR count). The van der Waals surface area contributed by atoms with Crippen LogP contribution in [0.15, 0.2) is 69.4 Å². The monoisotopic (exact) mass is 389 g/mol. The summed E-state index contributed by atoms with van der Waals surface area (Å²) in [5.41, 5.74) is 7.80. The number of nitrogens with two attached hydrogens (primary N) is 1. The molecule has 29 heavy (non-hydrogen) atoms. The van der Waals surface area contributed by atoms with Gasteiger partial charge < -0.3 is 24.2 Å². The second-order valence-corrected chi connectivity index (χ2v) is 6.73. The molecule has 3 heterocycles. The SMILES string of the molecule is COc1ccc([C@H]2C(C#N)=C(N)Oc3cc(C)n(Cc4ccco4)c(=O)c32)cc1. The van der Waals surface area contributed by atoms with Crippen molar-refractivity contribution in [2.75, 3.05) is 7.11 Å². The van der Waals surface area contributed by atoms with Gasteiger partial charge in [-0.25, -0.2) is 0 Å². The number of benzene rings is 1. The third kappa shape index (κ3) is 3.15. The Morgan fingerprint density at radius 2 is 2.03 bits per heavy atom. The number of methoxy groups -OCH3 is 1. The number of aryl methyl sites for hydroxylation is 1. The minimum Gasteiger partial charge on any atom is -0.497 e. The van der Waals surface area contributed by atoms with Crippen molar-refractivity contribution < 1.29 is 13.9 Å². The molecule has 0 fully saturated rings. The van der Waals surface area contributed by atoms with Gasteiger partial charge in [0.15, 0.2) is 0 Å². The summed E-state index contributed by atoms with van der Waals surface area (Å²) in [5.74, 6) is 1.06. The molecular weight excluding hydrogens is 370 g/mol. The van der Waals surface area contributed by atoms with Gasteiger partial charge in [-0.3, -0.25) is 4.79 Å². The van der Waals surface area contributed by atoms with Crippen LogP contribution >= 0.6 is 0 Å². The largest absolute Gasteiger partial charge is 0.497 e. The van der Waals surface area contributed by atoms with Crippen molar-refractivity contribution in [2.45, 2.75) is 19.4 Å². The van der Waals surface area contributed by atoms with Crippen LogP contribution in [0.25, 0.3) is 0 Å². The molecule has 146 valence electrons. The zero-order chi connectivity index (χ0) is 20.5. The van der Waals surface area contributed by atoms with E-state index in [0.29, 0.717) is 28.5 Å². The third-order valence-corrected chi connectivity index (χ3v) is 5.03. The van der Waals surface area contributed by atoms with Gasteiger partial charge in [0.1, 0.15) is 28.9 Å². The smallest absolute Gasteiger partial charge is 0.259 e. The lowest BCUT2D eigenvalue weighted by Gasteiger charge is -2.27. The van der Waals surface area contributed by atoms with Gasteiger partial charge in [-0.15, -0.1) is 0 Å². The van der Waals surface area contributed by atoms with Crippen LogP contribution in [0.2, 0.25) is 0 Å². The minimum atomic E-state index is -0.634. The number of ether oxygens (including phenoxy) is 2. The van der Waals surface area contributed by atoms with Crippen molar-refractivity contribution in [2.24, 2.45) is 5.73 Å². The number of hydrogen-bond acceptors (Lipinski definition) is 6. The van der Waals surface area contributed by atoms with Crippen LogP contribution in [-0.4, -0.2) is 11.7 Å². The Labute approximate surface area is 167 Å². The van der Waals surface area contributed by atoms with E-state index < -0.39 is 5.92 Å². The zero-order valence-corrected chi connectivity index (χ0v) is 16.0. The van der Waals surface area contributed by atoms with Crippen LogP contribution in [0.1, 0.15) is 28.5 Å². The first-order valence-corrected chi connectivity index (χ1v) is 9.01. The number of furan rings is 1. The average Bonchev–Trinajstić information content (AvgIpc) is 3.23. The summed E-state index contributed by atoms with van der Waals surface area (Å²) < 4.78 is 17.9. The molecule has 1 atom stereocenters. The fourth-order valence-corrected chi connectivity index (χ4v) is 3.57. The predicted octanol–water partition coefficient (Wildman–Crippen LogP) is 3.02. The third-order valence-electron chi connectivity index (χ3n) is 5.03. The normalized spacial score (nSPS) is 15.4. The summed E-state index contributed by atoms with van der Waals surface area (Å²) in [7, 11) is 1.58. The van der Waals surface area contributed by atoms with Crippen LogP contribution in [0.4, 0.5) is 0 Å². The highest BCUT2D eigenvalue weighted by Gasteiger charge is 2.34. The van der Waals surface area contributed by atoms with Gasteiger partial charge in [0.05, 0.1) is 31.4 Å². The number of aromatic nitrogens is 1. The minimum absolute atomic E-state index is 0.00315. The summed E-state index contributed by atoms with van der Waals surface area (Å²) in [5, 5.41) is 9.73. The van der Waals surface area contributed by atoms with Crippen molar-refractivity contribution in [3.63, 3.8) is 0 Å². The number of allylic oxidation sites excluding steroid dienone is 1. The number of nitriles is 1. The number of pyridine rings is 1. The summed E-state index contributed by atoms with van der Waals surface area (Å²) in [6, 6.07) is 14.7. The van der Waals surface area contributed by atoms with Crippen molar-refractivity contribution in [3.05, 3.63) is 93.1 Å². The Hall–Kier alpha value is -3.92. The van der Waals surface area contributed by atoms with Crippen molar-refractivity contribution >= 4 is 0 Å². The lowest BCUT2D eigenvalue weighted by atomic mass is 9.84. The quantitative estimate of drug-likeness (QED) is 0.736. The fraction of sp³-hybridized carbons (Fsp3) is 0.182. The van der Waals surface area contributed by atoms with E-state index in [0.717, 1.165) is 5.56 Å². The second kappa shape index (κ2) is 7.24. The Balaban J connectivity index is 1.92. The highest BCUT2D eigenvalue weighted by atomic mass is 16.5. The van der Waals surface area contributed by atoms with Gasteiger partial charge in [0.25, 0.3) is 5.56 Å². The predicted molar refractivity (Wildman–Crippen MR) is 106 cm³/mol. The second-order valence-electron chi connectivity index (χ2n) is 6.73. The van der Waals surface area contributed by atoms with Gasteiger partial charge in [0, 0.05) is 11.8 Å². The van der Waals surface area contributed by atoms with Crippen molar-refractivity contribution in [1.29, 1.82) is 5.26 Å². The molecule has 0 aliphatic carbocycles. The molecule has 0 spiro atoms. The molecule has 7 nitrogen and oxygen atoms in total. The summed E-state index contributed by atoms with van der Waals surface area (Å²) in [6.45, 7) is 2.09. The molecule has 0 saturated carbocycles. The van der Waals surface area contributed by atoms with Crippen molar-refractivity contribution in [3.8, 4) is 17.6 Å². The molecule has 1 aliphatic rings. The number of rotatable bonds is 4. The van der Waals surface area contributed by atoms with Gasteiger partial charge in [-0.1, -0.05) is 12.1 Å². The topological polar surface area (TPSA) is 103 Å². The molecule has 0 radical (unpaired) electrons. The first-order valence-electron chi connectivity index (χ1n) is 9.01. The lowest BCUT2D eigenvalue weighted by molar-refractivity contribution is 0.387. The maximum Gasteiger partial charge on any atom is 0.259 e. The molecule has 0 bridgehead atoms. The number of nitrogens with zero attached hydrogens (tertiary/aromatic N) is 2. The summed E-state index contributed by atoms with van der Waals surface area (Å²) in [4.78, 5) is 13.5. The molecule has 1 aliphatic heterocycles. The molecule has 1 aromatic carbocycles. The Bertz CT molecular complexity index is 1180. The summed E-state index contributed by atoms with van der Waals surface area (Å²) in [6.07, 6.45) is 1.56. The Morgan fingerprint density at radius 1 is 1.28 bits per heavy atom. The van der Waals surface area contributed by atoms with Crippen LogP contribution in [0.5, 0.6) is 11.5 Å². The van der Waals surface area contributed by atoms with E-state index in [1.807, 2.05) is 19.1 Å². The van der Waals surface area contributed by atoms with E-state index in [4.69, 9.17) is 19.6 Å². The Kier molecular flexibility index (Phi) is 4.61. The van der Waals surface area contributed by atoms with E-state index >= 15 is 0 Å². The van der Waals surface area contributed by atoms with Gasteiger partial charge in [-0.05, 0) is 36.8 Å². The molecule has 3 aromatic rings. The molecule has 2 aromatic heterocycles. The van der Waals surface area contributed by atoms with E-state index in [2.05, 4.69) is 6.07 Å².